The fraction of sp³-hybridized carbons (Fsp3) is 0.429. The van der Waals surface area contributed by atoms with Crippen LogP contribution in [0.1, 0.15) is 39.6 Å². The summed E-state index contributed by atoms with van der Waals surface area (Å²) in [6, 6.07) is 0. The fourth-order valence-corrected chi connectivity index (χ4v) is 2.91. The van der Waals surface area contributed by atoms with Gasteiger partial charge >= 0.3 is 0 Å². The van der Waals surface area contributed by atoms with Crippen molar-refractivity contribution in [1.29, 1.82) is 0 Å². The molecule has 0 bridgehead atoms. The topological polar surface area (TPSA) is 39.2 Å². The maximum Gasteiger partial charge on any atom is 0.161 e. The Morgan fingerprint density at radius 3 is 3.11 bits per heavy atom. The van der Waals surface area contributed by atoms with Crippen molar-refractivity contribution < 1.29 is 9.53 Å². The third kappa shape index (κ3) is 2.94. The zero-order valence-corrected chi connectivity index (χ0v) is 11.5. The normalized spacial score (nSPS) is 18.8. The lowest BCUT2D eigenvalue weighted by Gasteiger charge is -2.16. The molecule has 1 atom stereocenters. The van der Waals surface area contributed by atoms with Gasteiger partial charge in [0.25, 0.3) is 0 Å². The Balaban J connectivity index is 2.08. The van der Waals surface area contributed by atoms with Gasteiger partial charge in [-0.25, -0.2) is 4.98 Å². The maximum absolute atomic E-state index is 10.9. The average molecular weight is 263 g/mol. The number of thiazole rings is 1. The molecule has 0 saturated carbocycles. The molecule has 0 N–H and O–H groups in total. The molecule has 1 aliphatic carbocycles. The van der Waals surface area contributed by atoms with Crippen LogP contribution < -0.4 is 0 Å². The second-order valence-electron chi connectivity index (χ2n) is 4.28. The monoisotopic (exact) mass is 263 g/mol. The summed E-state index contributed by atoms with van der Waals surface area (Å²) in [7, 11) is 0. The molecule has 18 heavy (non-hydrogen) atoms. The molecular formula is C14H17NO2S. The zero-order chi connectivity index (χ0) is 13.0. The summed E-state index contributed by atoms with van der Waals surface area (Å²) in [6.45, 7) is 5.30. The molecule has 96 valence electrons. The second kappa shape index (κ2) is 6.07. The van der Waals surface area contributed by atoms with Crippen molar-refractivity contribution in [2.24, 2.45) is 0 Å². The van der Waals surface area contributed by atoms with Gasteiger partial charge in [-0.2, -0.15) is 0 Å². The third-order valence-corrected chi connectivity index (χ3v) is 4.14. The Hall–Kier alpha value is -1.26. The van der Waals surface area contributed by atoms with Crippen molar-refractivity contribution in [2.75, 3.05) is 13.2 Å². The Morgan fingerprint density at radius 1 is 1.61 bits per heavy atom. The van der Waals surface area contributed by atoms with Gasteiger partial charge in [0.05, 0.1) is 17.2 Å². The standard InChI is InChI=1S/C14H17NO2S/c1-3-17-9-11-5-4-6-12(7-11)14-15-10(2)13(8-16)18-14/h4-6,8,12H,3,7,9H2,1-2H3. The van der Waals surface area contributed by atoms with Gasteiger partial charge in [-0.05, 0) is 25.8 Å². The van der Waals surface area contributed by atoms with Crippen LogP contribution in [0, 0.1) is 6.92 Å². The Morgan fingerprint density at radius 2 is 2.44 bits per heavy atom. The van der Waals surface area contributed by atoms with Crippen LogP contribution in [0.25, 0.3) is 0 Å². The van der Waals surface area contributed by atoms with Gasteiger partial charge in [-0.3, -0.25) is 4.79 Å². The Kier molecular flexibility index (Phi) is 4.44. The van der Waals surface area contributed by atoms with Gasteiger partial charge in [0, 0.05) is 12.5 Å². The molecule has 4 heteroatoms. The van der Waals surface area contributed by atoms with Crippen molar-refractivity contribution in [1.82, 2.24) is 4.98 Å². The molecule has 3 nitrogen and oxygen atoms in total. The van der Waals surface area contributed by atoms with Crippen LogP contribution in [0.4, 0.5) is 0 Å². The number of aromatic nitrogens is 1. The maximum atomic E-state index is 10.9. The first-order valence-electron chi connectivity index (χ1n) is 6.11. The predicted molar refractivity (Wildman–Crippen MR) is 73.3 cm³/mol. The van der Waals surface area contributed by atoms with Crippen molar-refractivity contribution in [3.63, 3.8) is 0 Å². The fourth-order valence-electron chi connectivity index (χ4n) is 1.95. The van der Waals surface area contributed by atoms with Gasteiger partial charge in [0.15, 0.2) is 6.29 Å². The highest BCUT2D eigenvalue weighted by molar-refractivity contribution is 7.13. The number of aldehydes is 1. The lowest BCUT2D eigenvalue weighted by atomic mass is 9.95. The molecule has 1 aromatic rings. The number of rotatable bonds is 5. The summed E-state index contributed by atoms with van der Waals surface area (Å²) in [5.74, 6) is 0.280. The quantitative estimate of drug-likeness (QED) is 0.765. The Bertz CT molecular complexity index is 488. The van der Waals surface area contributed by atoms with Crippen LogP contribution in [0.5, 0.6) is 0 Å². The van der Waals surface area contributed by atoms with Gasteiger partial charge in [0.1, 0.15) is 5.01 Å². The molecule has 1 unspecified atom stereocenters. The molecule has 0 aliphatic heterocycles. The van der Waals surface area contributed by atoms with E-state index in [9.17, 15) is 4.79 Å². The molecular weight excluding hydrogens is 246 g/mol. The minimum atomic E-state index is 0.280. The first-order chi connectivity index (χ1) is 8.74. The first-order valence-corrected chi connectivity index (χ1v) is 6.92. The van der Waals surface area contributed by atoms with E-state index >= 15 is 0 Å². The number of nitrogens with zero attached hydrogens (tertiary/aromatic N) is 1. The first kappa shape index (κ1) is 13.2. The third-order valence-electron chi connectivity index (χ3n) is 2.92. The van der Waals surface area contributed by atoms with Crippen molar-refractivity contribution in [3.8, 4) is 0 Å². The number of hydrogen-bond donors (Lipinski definition) is 0. The van der Waals surface area contributed by atoms with Crippen LogP contribution in [-0.4, -0.2) is 24.5 Å². The number of ether oxygens (including phenoxy) is 1. The minimum absolute atomic E-state index is 0.280. The van der Waals surface area contributed by atoms with Crippen LogP contribution in [0.2, 0.25) is 0 Å². The molecule has 0 saturated heterocycles. The molecule has 1 aromatic heterocycles. The summed E-state index contributed by atoms with van der Waals surface area (Å²) in [5, 5.41) is 1.02. The molecule has 0 fully saturated rings. The number of aryl methyl sites for hydroxylation is 1. The largest absolute Gasteiger partial charge is 0.377 e. The smallest absolute Gasteiger partial charge is 0.161 e. The molecule has 0 radical (unpaired) electrons. The van der Waals surface area contributed by atoms with E-state index in [1.165, 1.54) is 16.9 Å². The lowest BCUT2D eigenvalue weighted by Crippen LogP contribution is -2.06. The lowest BCUT2D eigenvalue weighted by molar-refractivity contribution is 0.112. The summed E-state index contributed by atoms with van der Waals surface area (Å²) in [6.07, 6.45) is 8.12. The van der Waals surface area contributed by atoms with Crippen molar-refractivity contribution in [3.05, 3.63) is 39.4 Å². The highest BCUT2D eigenvalue weighted by atomic mass is 32.1. The summed E-state index contributed by atoms with van der Waals surface area (Å²) in [4.78, 5) is 16.1. The number of carbonyl (C=O) groups excluding carboxylic acids is 1. The molecule has 2 rings (SSSR count). The molecule has 1 heterocycles. The summed E-state index contributed by atoms with van der Waals surface area (Å²) >= 11 is 1.49. The van der Waals surface area contributed by atoms with E-state index in [-0.39, 0.29) is 5.92 Å². The molecule has 0 aromatic carbocycles. The van der Waals surface area contributed by atoms with Gasteiger partial charge in [-0.15, -0.1) is 11.3 Å². The van der Waals surface area contributed by atoms with Crippen molar-refractivity contribution in [2.45, 2.75) is 26.2 Å². The van der Waals surface area contributed by atoms with Gasteiger partial charge in [-0.1, -0.05) is 18.2 Å². The average Bonchev–Trinajstić information content (AvgIpc) is 2.78. The van der Waals surface area contributed by atoms with Crippen LogP contribution in [0.15, 0.2) is 23.8 Å². The van der Waals surface area contributed by atoms with E-state index < -0.39 is 0 Å². The van der Waals surface area contributed by atoms with Crippen molar-refractivity contribution >= 4 is 17.6 Å². The predicted octanol–water partition coefficient (Wildman–Crippen LogP) is 3.27. The molecule has 1 aliphatic rings. The number of carbonyl (C=O) groups is 1. The van der Waals surface area contributed by atoms with E-state index in [1.54, 1.807) is 0 Å². The van der Waals surface area contributed by atoms with Gasteiger partial charge in [0.2, 0.25) is 0 Å². The zero-order valence-electron chi connectivity index (χ0n) is 10.7. The molecule has 0 spiro atoms. The van der Waals surface area contributed by atoms with Crippen LogP contribution in [-0.2, 0) is 4.74 Å². The highest BCUT2D eigenvalue weighted by Gasteiger charge is 2.18. The highest BCUT2D eigenvalue weighted by Crippen LogP contribution is 2.32. The van der Waals surface area contributed by atoms with E-state index in [0.29, 0.717) is 6.61 Å². The number of allylic oxidation sites excluding steroid dienone is 3. The van der Waals surface area contributed by atoms with Crippen LogP contribution in [0.3, 0.4) is 0 Å². The Labute approximate surface area is 111 Å². The second-order valence-corrected chi connectivity index (χ2v) is 5.34. The minimum Gasteiger partial charge on any atom is -0.377 e. The van der Waals surface area contributed by atoms with E-state index in [0.717, 1.165) is 34.9 Å². The van der Waals surface area contributed by atoms with E-state index in [1.807, 2.05) is 13.8 Å². The summed E-state index contributed by atoms with van der Waals surface area (Å²) in [5.41, 5.74) is 2.11. The number of hydrogen-bond acceptors (Lipinski definition) is 4. The van der Waals surface area contributed by atoms with Crippen LogP contribution >= 0.6 is 11.3 Å². The van der Waals surface area contributed by atoms with E-state index in [2.05, 4.69) is 23.2 Å². The summed E-state index contributed by atoms with van der Waals surface area (Å²) < 4.78 is 5.43. The molecule has 0 amide bonds. The van der Waals surface area contributed by atoms with E-state index in [4.69, 9.17) is 4.74 Å². The SMILES string of the molecule is CCOCC1=CC=CC(c2nc(C)c(C=O)s2)C1. The van der Waals surface area contributed by atoms with Gasteiger partial charge < -0.3 is 4.74 Å².